The smallest absolute Gasteiger partial charge is 0.0241 e. The van der Waals surface area contributed by atoms with E-state index < -0.39 is 0 Å². The zero-order valence-corrected chi connectivity index (χ0v) is 7.28. The van der Waals surface area contributed by atoms with Gasteiger partial charge < -0.3 is 4.90 Å². The van der Waals surface area contributed by atoms with Gasteiger partial charge in [0.2, 0.25) is 0 Å². The SMILES string of the molecule is C=C(C)CC1(N(C)C)CC1. The molecule has 0 amide bonds. The van der Waals surface area contributed by atoms with E-state index in [1.807, 2.05) is 0 Å². The quantitative estimate of drug-likeness (QED) is 0.541. The van der Waals surface area contributed by atoms with Crippen molar-refractivity contribution in [1.29, 1.82) is 0 Å². The molecule has 0 aromatic heterocycles. The van der Waals surface area contributed by atoms with E-state index in [1.54, 1.807) is 0 Å². The summed E-state index contributed by atoms with van der Waals surface area (Å²) in [6, 6.07) is 0. The Balaban J connectivity index is 2.45. The van der Waals surface area contributed by atoms with E-state index >= 15 is 0 Å². The van der Waals surface area contributed by atoms with Crippen LogP contribution in [0.25, 0.3) is 0 Å². The van der Waals surface area contributed by atoms with E-state index in [2.05, 4.69) is 32.5 Å². The summed E-state index contributed by atoms with van der Waals surface area (Å²) in [6.45, 7) is 6.05. The van der Waals surface area contributed by atoms with Crippen LogP contribution in [0, 0.1) is 0 Å². The van der Waals surface area contributed by atoms with Crippen molar-refractivity contribution in [1.82, 2.24) is 4.90 Å². The molecule has 0 saturated heterocycles. The minimum atomic E-state index is 0.506. The molecule has 0 radical (unpaired) electrons. The van der Waals surface area contributed by atoms with E-state index in [1.165, 1.54) is 24.8 Å². The lowest BCUT2D eigenvalue weighted by Gasteiger charge is -2.23. The molecule has 1 aliphatic carbocycles. The number of rotatable bonds is 3. The van der Waals surface area contributed by atoms with Crippen LogP contribution in [-0.2, 0) is 0 Å². The predicted molar refractivity (Wildman–Crippen MR) is 45.1 cm³/mol. The number of hydrogen-bond donors (Lipinski definition) is 0. The van der Waals surface area contributed by atoms with Gasteiger partial charge in [0.1, 0.15) is 0 Å². The summed E-state index contributed by atoms with van der Waals surface area (Å²) < 4.78 is 0. The summed E-state index contributed by atoms with van der Waals surface area (Å²) in [6.07, 6.45) is 3.89. The highest BCUT2D eigenvalue weighted by Gasteiger charge is 2.44. The van der Waals surface area contributed by atoms with E-state index in [9.17, 15) is 0 Å². The number of hydrogen-bond acceptors (Lipinski definition) is 1. The van der Waals surface area contributed by atoms with Crippen LogP contribution in [0.15, 0.2) is 12.2 Å². The maximum absolute atomic E-state index is 3.94. The van der Waals surface area contributed by atoms with Gasteiger partial charge in [-0.2, -0.15) is 0 Å². The molecule has 10 heavy (non-hydrogen) atoms. The van der Waals surface area contributed by atoms with E-state index in [0.717, 1.165) is 0 Å². The molecule has 58 valence electrons. The Bertz CT molecular complexity index is 143. The van der Waals surface area contributed by atoms with Gasteiger partial charge in [-0.3, -0.25) is 0 Å². The molecule has 0 aromatic carbocycles. The fourth-order valence-electron chi connectivity index (χ4n) is 1.49. The first kappa shape index (κ1) is 7.80. The third kappa shape index (κ3) is 1.40. The summed E-state index contributed by atoms with van der Waals surface area (Å²) in [5, 5.41) is 0. The van der Waals surface area contributed by atoms with Gasteiger partial charge in [-0.05, 0) is 40.3 Å². The summed E-state index contributed by atoms with van der Waals surface area (Å²) in [5.41, 5.74) is 1.82. The van der Waals surface area contributed by atoms with Gasteiger partial charge in [-0.1, -0.05) is 5.57 Å². The van der Waals surface area contributed by atoms with Crippen molar-refractivity contribution in [3.05, 3.63) is 12.2 Å². The summed E-state index contributed by atoms with van der Waals surface area (Å²) in [4.78, 5) is 2.34. The second-order valence-electron chi connectivity index (χ2n) is 3.75. The highest BCUT2D eigenvalue weighted by molar-refractivity contribution is 5.10. The Kier molecular flexibility index (Phi) is 1.86. The zero-order chi connectivity index (χ0) is 7.78. The van der Waals surface area contributed by atoms with E-state index in [-0.39, 0.29) is 0 Å². The lowest BCUT2D eigenvalue weighted by Crippen LogP contribution is -2.29. The first-order chi connectivity index (χ1) is 4.57. The highest BCUT2D eigenvalue weighted by atomic mass is 15.2. The molecule has 0 N–H and O–H groups in total. The highest BCUT2D eigenvalue weighted by Crippen LogP contribution is 2.44. The average molecular weight is 139 g/mol. The van der Waals surface area contributed by atoms with E-state index in [4.69, 9.17) is 0 Å². The Labute approximate surface area is 63.7 Å². The molecule has 1 rings (SSSR count). The van der Waals surface area contributed by atoms with Gasteiger partial charge in [0.15, 0.2) is 0 Å². The zero-order valence-electron chi connectivity index (χ0n) is 7.28. The molecular formula is C9H17N. The minimum Gasteiger partial charge on any atom is -0.303 e. The van der Waals surface area contributed by atoms with Crippen molar-refractivity contribution in [2.75, 3.05) is 14.1 Å². The molecule has 0 aromatic rings. The molecule has 0 unspecified atom stereocenters. The van der Waals surface area contributed by atoms with Gasteiger partial charge >= 0.3 is 0 Å². The monoisotopic (exact) mass is 139 g/mol. The fraction of sp³-hybridized carbons (Fsp3) is 0.778. The lowest BCUT2D eigenvalue weighted by molar-refractivity contribution is 0.269. The topological polar surface area (TPSA) is 3.24 Å². The Hall–Kier alpha value is -0.300. The summed E-state index contributed by atoms with van der Waals surface area (Å²) in [7, 11) is 4.33. The molecule has 1 nitrogen and oxygen atoms in total. The third-order valence-corrected chi connectivity index (χ3v) is 2.41. The molecule has 1 aliphatic rings. The second kappa shape index (κ2) is 2.39. The molecule has 0 atom stereocenters. The Morgan fingerprint density at radius 1 is 1.50 bits per heavy atom. The molecule has 0 bridgehead atoms. The minimum absolute atomic E-state index is 0.506. The largest absolute Gasteiger partial charge is 0.303 e. The van der Waals surface area contributed by atoms with Crippen LogP contribution in [0.1, 0.15) is 26.2 Å². The van der Waals surface area contributed by atoms with Crippen molar-refractivity contribution < 1.29 is 0 Å². The maximum atomic E-state index is 3.94. The Morgan fingerprint density at radius 3 is 2.10 bits per heavy atom. The van der Waals surface area contributed by atoms with Crippen LogP contribution in [0.4, 0.5) is 0 Å². The molecular weight excluding hydrogens is 122 g/mol. The molecule has 0 aliphatic heterocycles. The van der Waals surface area contributed by atoms with Gasteiger partial charge in [-0.25, -0.2) is 0 Å². The standard InChI is InChI=1S/C9H17N/c1-8(2)7-9(5-6-9)10(3)4/h1,5-7H2,2-4H3. The molecule has 0 heterocycles. The lowest BCUT2D eigenvalue weighted by atomic mass is 10.1. The summed E-state index contributed by atoms with van der Waals surface area (Å²) in [5.74, 6) is 0. The molecule has 1 heteroatoms. The maximum Gasteiger partial charge on any atom is 0.0241 e. The normalized spacial score (nSPS) is 21.2. The van der Waals surface area contributed by atoms with Crippen LogP contribution >= 0.6 is 0 Å². The van der Waals surface area contributed by atoms with Crippen LogP contribution in [-0.4, -0.2) is 24.5 Å². The van der Waals surface area contributed by atoms with Gasteiger partial charge in [-0.15, -0.1) is 6.58 Å². The Morgan fingerprint density at radius 2 is 2.00 bits per heavy atom. The first-order valence-corrected chi connectivity index (χ1v) is 3.89. The first-order valence-electron chi connectivity index (χ1n) is 3.89. The molecule has 0 spiro atoms. The van der Waals surface area contributed by atoms with Gasteiger partial charge in [0.05, 0.1) is 0 Å². The van der Waals surface area contributed by atoms with Crippen molar-refractivity contribution in [2.24, 2.45) is 0 Å². The van der Waals surface area contributed by atoms with Crippen molar-refractivity contribution in [3.8, 4) is 0 Å². The second-order valence-corrected chi connectivity index (χ2v) is 3.75. The van der Waals surface area contributed by atoms with Gasteiger partial charge in [0.25, 0.3) is 0 Å². The van der Waals surface area contributed by atoms with Gasteiger partial charge in [0, 0.05) is 5.54 Å². The fourth-order valence-corrected chi connectivity index (χ4v) is 1.49. The molecule has 1 saturated carbocycles. The van der Waals surface area contributed by atoms with Crippen LogP contribution in [0.5, 0.6) is 0 Å². The third-order valence-electron chi connectivity index (χ3n) is 2.41. The van der Waals surface area contributed by atoms with E-state index in [0.29, 0.717) is 5.54 Å². The van der Waals surface area contributed by atoms with Crippen LogP contribution < -0.4 is 0 Å². The predicted octanol–water partition coefficient (Wildman–Crippen LogP) is 2.05. The summed E-state index contributed by atoms with van der Waals surface area (Å²) >= 11 is 0. The van der Waals surface area contributed by atoms with Crippen LogP contribution in [0.2, 0.25) is 0 Å². The van der Waals surface area contributed by atoms with Crippen molar-refractivity contribution >= 4 is 0 Å². The average Bonchev–Trinajstić information content (AvgIpc) is 2.46. The molecule has 1 fully saturated rings. The van der Waals surface area contributed by atoms with Crippen molar-refractivity contribution in [2.45, 2.75) is 31.7 Å². The van der Waals surface area contributed by atoms with Crippen molar-refractivity contribution in [3.63, 3.8) is 0 Å². The number of nitrogens with zero attached hydrogens (tertiary/aromatic N) is 1. The van der Waals surface area contributed by atoms with Crippen LogP contribution in [0.3, 0.4) is 0 Å².